The lowest BCUT2D eigenvalue weighted by Gasteiger charge is -2.32. The standard InChI is InChI=1S/C20H31BO5/c1-7-15-14-16(24-13-9-10-18(22)23-8-2)11-12-17(15)21-25-19(3,4)20(5,6)26-21/h11-12,14H,7-10,13H2,1-6H3. The molecule has 5 nitrogen and oxygen atoms in total. The summed E-state index contributed by atoms with van der Waals surface area (Å²) in [4.78, 5) is 11.3. The average Bonchev–Trinajstić information content (AvgIpc) is 2.79. The normalized spacial score (nSPS) is 18.0. The zero-order valence-corrected chi connectivity index (χ0v) is 16.9. The minimum atomic E-state index is -0.368. The first-order chi connectivity index (χ1) is 12.2. The maximum absolute atomic E-state index is 11.3. The Morgan fingerprint density at radius 3 is 2.35 bits per heavy atom. The first kappa shape index (κ1) is 20.8. The van der Waals surface area contributed by atoms with E-state index in [9.17, 15) is 4.79 Å². The fourth-order valence-corrected chi connectivity index (χ4v) is 2.82. The molecule has 0 aliphatic carbocycles. The third kappa shape index (κ3) is 4.80. The van der Waals surface area contributed by atoms with Gasteiger partial charge in [-0.3, -0.25) is 4.79 Å². The maximum atomic E-state index is 11.3. The third-order valence-electron chi connectivity index (χ3n) is 5.10. The molecule has 6 heteroatoms. The van der Waals surface area contributed by atoms with Crippen LogP contribution < -0.4 is 10.2 Å². The molecule has 144 valence electrons. The van der Waals surface area contributed by atoms with Crippen LogP contribution in [0.15, 0.2) is 18.2 Å². The summed E-state index contributed by atoms with van der Waals surface area (Å²) >= 11 is 0. The number of esters is 1. The number of hydrogen-bond donors (Lipinski definition) is 0. The highest BCUT2D eigenvalue weighted by molar-refractivity contribution is 6.62. The van der Waals surface area contributed by atoms with Gasteiger partial charge in [-0.1, -0.05) is 13.0 Å². The maximum Gasteiger partial charge on any atom is 0.495 e. The molecule has 2 rings (SSSR count). The van der Waals surface area contributed by atoms with Crippen molar-refractivity contribution in [3.05, 3.63) is 23.8 Å². The predicted octanol–water partition coefficient (Wildman–Crippen LogP) is 3.27. The first-order valence-corrected chi connectivity index (χ1v) is 9.47. The summed E-state index contributed by atoms with van der Waals surface area (Å²) in [6.45, 7) is 13.0. The van der Waals surface area contributed by atoms with Gasteiger partial charge in [-0.15, -0.1) is 0 Å². The summed E-state index contributed by atoms with van der Waals surface area (Å²) in [6, 6.07) is 5.98. The summed E-state index contributed by atoms with van der Waals surface area (Å²) < 4.78 is 23.0. The van der Waals surface area contributed by atoms with Crippen LogP contribution in [0.4, 0.5) is 0 Å². The zero-order valence-electron chi connectivity index (χ0n) is 16.9. The molecule has 0 N–H and O–H groups in total. The van der Waals surface area contributed by atoms with Crippen molar-refractivity contribution in [1.29, 1.82) is 0 Å². The summed E-state index contributed by atoms with van der Waals surface area (Å²) in [6.07, 6.45) is 1.87. The topological polar surface area (TPSA) is 54.0 Å². The third-order valence-corrected chi connectivity index (χ3v) is 5.10. The van der Waals surface area contributed by atoms with Crippen LogP contribution in [-0.4, -0.2) is 37.5 Å². The van der Waals surface area contributed by atoms with E-state index in [1.807, 2.05) is 25.1 Å². The van der Waals surface area contributed by atoms with E-state index in [4.69, 9.17) is 18.8 Å². The molecule has 1 aliphatic heterocycles. The Balaban J connectivity index is 1.99. The molecule has 0 amide bonds. The van der Waals surface area contributed by atoms with Gasteiger partial charge >= 0.3 is 13.1 Å². The largest absolute Gasteiger partial charge is 0.495 e. The highest BCUT2D eigenvalue weighted by Crippen LogP contribution is 2.36. The van der Waals surface area contributed by atoms with E-state index in [0.29, 0.717) is 26.1 Å². The van der Waals surface area contributed by atoms with Crippen LogP contribution in [-0.2, 0) is 25.3 Å². The van der Waals surface area contributed by atoms with E-state index >= 15 is 0 Å². The van der Waals surface area contributed by atoms with Gasteiger partial charge in [0.05, 0.1) is 24.4 Å². The van der Waals surface area contributed by atoms with Crippen LogP contribution in [0.3, 0.4) is 0 Å². The monoisotopic (exact) mass is 362 g/mol. The Morgan fingerprint density at radius 1 is 1.12 bits per heavy atom. The number of ether oxygens (including phenoxy) is 2. The van der Waals surface area contributed by atoms with E-state index in [0.717, 1.165) is 23.2 Å². The number of benzene rings is 1. The molecule has 1 heterocycles. The van der Waals surface area contributed by atoms with Crippen molar-refractivity contribution in [3.63, 3.8) is 0 Å². The van der Waals surface area contributed by atoms with E-state index in [-0.39, 0.29) is 24.3 Å². The van der Waals surface area contributed by atoms with Crippen molar-refractivity contribution < 1.29 is 23.6 Å². The van der Waals surface area contributed by atoms with Crippen molar-refractivity contribution >= 4 is 18.6 Å². The second kappa shape index (κ2) is 8.44. The van der Waals surface area contributed by atoms with Gasteiger partial charge in [0.1, 0.15) is 5.75 Å². The van der Waals surface area contributed by atoms with E-state index in [1.54, 1.807) is 0 Å². The van der Waals surface area contributed by atoms with Gasteiger partial charge in [-0.25, -0.2) is 0 Å². The lowest BCUT2D eigenvalue weighted by Crippen LogP contribution is -2.41. The molecule has 0 radical (unpaired) electrons. The highest BCUT2D eigenvalue weighted by Gasteiger charge is 2.52. The average molecular weight is 362 g/mol. The molecular formula is C20H31BO5. The van der Waals surface area contributed by atoms with Crippen LogP contribution in [0.1, 0.15) is 59.9 Å². The Hall–Kier alpha value is -1.53. The van der Waals surface area contributed by atoms with Gasteiger partial charge in [0.2, 0.25) is 0 Å². The quantitative estimate of drug-likeness (QED) is 0.404. The van der Waals surface area contributed by atoms with Crippen LogP contribution in [0.5, 0.6) is 5.75 Å². The molecule has 0 saturated carbocycles. The van der Waals surface area contributed by atoms with Gasteiger partial charge in [0.15, 0.2) is 0 Å². The lowest BCUT2D eigenvalue weighted by molar-refractivity contribution is -0.143. The van der Waals surface area contributed by atoms with Gasteiger partial charge in [0.25, 0.3) is 0 Å². The fourth-order valence-electron chi connectivity index (χ4n) is 2.82. The van der Waals surface area contributed by atoms with Crippen LogP contribution in [0, 0.1) is 0 Å². The molecule has 0 bridgehead atoms. The van der Waals surface area contributed by atoms with Gasteiger partial charge in [0, 0.05) is 6.42 Å². The van der Waals surface area contributed by atoms with Crippen molar-refractivity contribution in [2.75, 3.05) is 13.2 Å². The summed E-state index contributed by atoms with van der Waals surface area (Å²) in [5, 5.41) is 0. The smallest absolute Gasteiger partial charge is 0.494 e. The van der Waals surface area contributed by atoms with Crippen molar-refractivity contribution in [3.8, 4) is 5.75 Å². The molecule has 1 aromatic rings. The van der Waals surface area contributed by atoms with Crippen molar-refractivity contribution in [2.45, 2.75) is 72.0 Å². The van der Waals surface area contributed by atoms with E-state index in [1.165, 1.54) is 0 Å². The Labute approximate surface area is 157 Å². The molecule has 1 aliphatic rings. The molecule has 0 aromatic heterocycles. The fraction of sp³-hybridized carbons (Fsp3) is 0.650. The number of hydrogen-bond acceptors (Lipinski definition) is 5. The zero-order chi connectivity index (χ0) is 19.4. The first-order valence-electron chi connectivity index (χ1n) is 9.47. The Kier molecular flexibility index (Phi) is 6.75. The van der Waals surface area contributed by atoms with E-state index in [2.05, 4.69) is 34.6 Å². The van der Waals surface area contributed by atoms with Crippen molar-refractivity contribution in [1.82, 2.24) is 0 Å². The minimum Gasteiger partial charge on any atom is -0.494 e. The number of carbonyl (C=O) groups excluding carboxylic acids is 1. The van der Waals surface area contributed by atoms with Gasteiger partial charge in [-0.2, -0.15) is 0 Å². The molecule has 1 fully saturated rings. The molecular weight excluding hydrogens is 331 g/mol. The SMILES string of the molecule is CCOC(=O)CCCOc1ccc(B2OC(C)(C)C(C)(C)O2)c(CC)c1. The predicted molar refractivity (Wildman–Crippen MR) is 103 cm³/mol. The second-order valence-electron chi connectivity index (χ2n) is 7.56. The summed E-state index contributed by atoms with van der Waals surface area (Å²) in [5.41, 5.74) is 1.48. The molecule has 0 atom stereocenters. The number of carbonyl (C=O) groups is 1. The van der Waals surface area contributed by atoms with Crippen molar-refractivity contribution in [2.24, 2.45) is 0 Å². The molecule has 0 unspecified atom stereocenters. The van der Waals surface area contributed by atoms with Gasteiger partial charge < -0.3 is 18.8 Å². The lowest BCUT2D eigenvalue weighted by atomic mass is 9.75. The summed E-state index contributed by atoms with van der Waals surface area (Å²) in [5.74, 6) is 0.618. The van der Waals surface area contributed by atoms with Gasteiger partial charge in [-0.05, 0) is 70.6 Å². The molecule has 1 aromatic carbocycles. The van der Waals surface area contributed by atoms with Crippen LogP contribution in [0.2, 0.25) is 0 Å². The number of aryl methyl sites for hydroxylation is 1. The highest BCUT2D eigenvalue weighted by atomic mass is 16.7. The molecule has 0 spiro atoms. The summed E-state index contributed by atoms with van der Waals surface area (Å²) in [7, 11) is -0.368. The second-order valence-corrected chi connectivity index (χ2v) is 7.56. The Morgan fingerprint density at radius 2 is 1.77 bits per heavy atom. The molecule has 1 saturated heterocycles. The molecule has 26 heavy (non-hydrogen) atoms. The number of rotatable bonds is 8. The minimum absolute atomic E-state index is 0.179. The Bertz CT molecular complexity index is 611. The van der Waals surface area contributed by atoms with E-state index < -0.39 is 0 Å². The van der Waals surface area contributed by atoms with Crippen LogP contribution in [0.25, 0.3) is 0 Å². The van der Waals surface area contributed by atoms with Crippen LogP contribution >= 0.6 is 0 Å².